The predicted molar refractivity (Wildman–Crippen MR) is 101 cm³/mol. The average Bonchev–Trinajstić information content (AvgIpc) is 2.63. The van der Waals surface area contributed by atoms with Crippen molar-refractivity contribution in [2.75, 3.05) is 0 Å². The molecule has 0 saturated heterocycles. The number of hydrogen-bond acceptors (Lipinski definition) is 3. The third-order valence-electron chi connectivity index (χ3n) is 4.57. The van der Waals surface area contributed by atoms with Crippen LogP contribution in [0.25, 0.3) is 10.9 Å². The number of nitrogens with zero attached hydrogens (tertiary/aromatic N) is 1. The van der Waals surface area contributed by atoms with Gasteiger partial charge in [0.15, 0.2) is 5.56 Å². The molecule has 0 radical (unpaired) electrons. The highest BCUT2D eigenvalue weighted by molar-refractivity contribution is 5.98. The van der Waals surface area contributed by atoms with Crippen molar-refractivity contribution in [3.05, 3.63) is 75.3 Å². The number of fused-ring (bicyclic) bond motifs is 1. The second-order valence-corrected chi connectivity index (χ2v) is 6.49. The highest BCUT2D eigenvalue weighted by Crippen LogP contribution is 2.28. The van der Waals surface area contributed by atoms with E-state index in [1.54, 1.807) is 24.3 Å². The summed E-state index contributed by atoms with van der Waals surface area (Å²) in [6, 6.07) is 11.3. The lowest BCUT2D eigenvalue weighted by atomic mass is 10.0. The van der Waals surface area contributed by atoms with Crippen molar-refractivity contribution in [2.45, 2.75) is 32.7 Å². The highest BCUT2D eigenvalue weighted by Gasteiger charge is 2.21. The van der Waals surface area contributed by atoms with Crippen LogP contribution in [0.3, 0.4) is 0 Å². The summed E-state index contributed by atoms with van der Waals surface area (Å²) in [7, 11) is 0. The number of rotatable bonds is 6. The first-order valence-corrected chi connectivity index (χ1v) is 8.78. The minimum atomic E-state index is -1.45. The van der Waals surface area contributed by atoms with Crippen LogP contribution in [0.2, 0.25) is 0 Å². The number of hydrogen-bond donors (Lipinski definition) is 2. The maximum Gasteiger partial charge on any atom is 0.345 e. The van der Waals surface area contributed by atoms with Crippen molar-refractivity contribution in [2.24, 2.45) is 0 Å². The van der Waals surface area contributed by atoms with Gasteiger partial charge in [-0.15, -0.1) is 0 Å². The molecule has 0 unspecified atom stereocenters. The van der Waals surface area contributed by atoms with E-state index in [2.05, 4.69) is 0 Å². The maximum absolute atomic E-state index is 13.1. The molecule has 0 saturated carbocycles. The van der Waals surface area contributed by atoms with Crippen molar-refractivity contribution in [1.29, 1.82) is 0 Å². The topological polar surface area (TPSA) is 79.5 Å². The third kappa shape index (κ3) is 3.69. The summed E-state index contributed by atoms with van der Waals surface area (Å²) in [4.78, 5) is 24.1. The van der Waals surface area contributed by atoms with Gasteiger partial charge in [0.25, 0.3) is 5.56 Å². The zero-order valence-corrected chi connectivity index (χ0v) is 14.9. The molecule has 0 bridgehead atoms. The van der Waals surface area contributed by atoms with Gasteiger partial charge in [0.2, 0.25) is 0 Å². The lowest BCUT2D eigenvalue weighted by Crippen LogP contribution is -2.27. The van der Waals surface area contributed by atoms with Crippen LogP contribution in [0.4, 0.5) is 4.39 Å². The van der Waals surface area contributed by atoms with Crippen LogP contribution in [-0.4, -0.2) is 20.7 Å². The van der Waals surface area contributed by atoms with Crippen LogP contribution < -0.4 is 5.56 Å². The molecule has 0 aliphatic rings. The largest absolute Gasteiger partial charge is 0.506 e. The van der Waals surface area contributed by atoms with Gasteiger partial charge in [-0.05, 0) is 48.2 Å². The van der Waals surface area contributed by atoms with E-state index in [1.807, 2.05) is 13.0 Å². The van der Waals surface area contributed by atoms with Crippen molar-refractivity contribution in [3.63, 3.8) is 0 Å². The Bertz CT molecular complexity index is 1050. The molecule has 2 N–H and O–H groups in total. The van der Waals surface area contributed by atoms with Gasteiger partial charge < -0.3 is 14.8 Å². The lowest BCUT2D eigenvalue weighted by Gasteiger charge is -2.14. The fraction of sp³-hybridized carbons (Fsp3) is 0.238. The lowest BCUT2D eigenvalue weighted by molar-refractivity contribution is 0.0691. The molecule has 27 heavy (non-hydrogen) atoms. The molecule has 1 heterocycles. The van der Waals surface area contributed by atoms with Crippen LogP contribution in [0.1, 0.15) is 41.3 Å². The van der Waals surface area contributed by atoms with Gasteiger partial charge in [-0.25, -0.2) is 9.18 Å². The Morgan fingerprint density at radius 1 is 1.11 bits per heavy atom. The SMILES string of the molecule is CCCCn1c(=O)c(C(=O)O)c(O)c2cc(Cc3ccc(F)cc3)ccc21. The summed E-state index contributed by atoms with van der Waals surface area (Å²) in [6.45, 7) is 2.36. The average molecular weight is 369 g/mol. The Hall–Kier alpha value is -3.15. The van der Waals surface area contributed by atoms with Crippen LogP contribution in [0.15, 0.2) is 47.3 Å². The molecular weight excluding hydrogens is 349 g/mol. The van der Waals surface area contributed by atoms with Gasteiger partial charge in [0.05, 0.1) is 5.52 Å². The predicted octanol–water partition coefficient (Wildman–Crippen LogP) is 3.94. The molecule has 0 fully saturated rings. The van der Waals surface area contributed by atoms with Crippen LogP contribution in [0.5, 0.6) is 5.75 Å². The number of halogens is 1. The first kappa shape index (κ1) is 18.6. The summed E-state index contributed by atoms with van der Waals surface area (Å²) in [6.07, 6.45) is 2.06. The molecular formula is C21H20FNO4. The van der Waals surface area contributed by atoms with Gasteiger partial charge in [-0.2, -0.15) is 0 Å². The van der Waals surface area contributed by atoms with Crippen molar-refractivity contribution < 1.29 is 19.4 Å². The summed E-state index contributed by atoms with van der Waals surface area (Å²) in [5, 5.41) is 20.1. The normalized spacial score (nSPS) is 11.0. The smallest absolute Gasteiger partial charge is 0.345 e. The number of carboxylic acid groups (broad SMARTS) is 1. The van der Waals surface area contributed by atoms with Crippen molar-refractivity contribution in [1.82, 2.24) is 4.57 Å². The van der Waals surface area contributed by atoms with E-state index in [1.165, 1.54) is 16.7 Å². The number of aryl methyl sites for hydroxylation is 1. The summed E-state index contributed by atoms with van der Waals surface area (Å²) < 4.78 is 14.5. The number of aromatic carboxylic acids is 1. The van der Waals surface area contributed by atoms with E-state index in [0.717, 1.165) is 24.0 Å². The fourth-order valence-corrected chi connectivity index (χ4v) is 3.17. The van der Waals surface area contributed by atoms with Gasteiger partial charge in [0, 0.05) is 11.9 Å². The van der Waals surface area contributed by atoms with E-state index in [-0.39, 0.29) is 5.82 Å². The highest BCUT2D eigenvalue weighted by atomic mass is 19.1. The molecule has 1 aromatic heterocycles. The molecule has 0 atom stereocenters. The molecule has 3 rings (SSSR count). The van der Waals surface area contributed by atoms with E-state index in [4.69, 9.17) is 0 Å². The van der Waals surface area contributed by atoms with Gasteiger partial charge >= 0.3 is 5.97 Å². The number of benzene rings is 2. The van der Waals surface area contributed by atoms with Crippen molar-refractivity contribution >= 4 is 16.9 Å². The van der Waals surface area contributed by atoms with Crippen LogP contribution >= 0.6 is 0 Å². The first-order chi connectivity index (χ1) is 12.9. The Labute approximate surface area is 155 Å². The summed E-state index contributed by atoms with van der Waals surface area (Å²) in [5.74, 6) is -2.29. The second-order valence-electron chi connectivity index (χ2n) is 6.49. The third-order valence-corrected chi connectivity index (χ3v) is 4.57. The van der Waals surface area contributed by atoms with Gasteiger partial charge in [0.1, 0.15) is 11.6 Å². The standard InChI is InChI=1S/C21H20FNO4/c1-2-3-10-23-17-9-6-14(11-13-4-7-15(22)8-5-13)12-16(17)19(24)18(20(23)25)21(26)27/h4-9,12,24H,2-3,10-11H2,1H3,(H,26,27). The summed E-state index contributed by atoms with van der Waals surface area (Å²) in [5.41, 5.74) is 0.887. The number of carbonyl (C=O) groups is 1. The molecule has 5 nitrogen and oxygen atoms in total. The van der Waals surface area contributed by atoms with E-state index in [0.29, 0.717) is 23.9 Å². The number of aromatic hydroxyl groups is 1. The summed E-state index contributed by atoms with van der Waals surface area (Å²) >= 11 is 0. The van der Waals surface area contributed by atoms with E-state index >= 15 is 0 Å². The minimum absolute atomic E-state index is 0.319. The van der Waals surface area contributed by atoms with Gasteiger partial charge in [-0.1, -0.05) is 31.5 Å². The molecule has 6 heteroatoms. The number of unbranched alkanes of at least 4 members (excludes halogenated alkanes) is 1. The molecule has 0 amide bonds. The van der Waals surface area contributed by atoms with Crippen molar-refractivity contribution in [3.8, 4) is 5.75 Å². The molecule has 3 aromatic rings. The van der Waals surface area contributed by atoms with E-state index in [9.17, 15) is 24.2 Å². The molecule has 0 aliphatic heterocycles. The molecule has 0 spiro atoms. The second kappa shape index (κ2) is 7.61. The zero-order chi connectivity index (χ0) is 19.6. The fourth-order valence-electron chi connectivity index (χ4n) is 3.17. The van der Waals surface area contributed by atoms with Crippen LogP contribution in [0, 0.1) is 5.82 Å². The van der Waals surface area contributed by atoms with Crippen LogP contribution in [-0.2, 0) is 13.0 Å². The quantitative estimate of drug-likeness (QED) is 0.690. The zero-order valence-electron chi connectivity index (χ0n) is 14.9. The van der Waals surface area contributed by atoms with Gasteiger partial charge in [-0.3, -0.25) is 4.79 Å². The Morgan fingerprint density at radius 3 is 2.41 bits per heavy atom. The Kier molecular flexibility index (Phi) is 5.26. The number of pyridine rings is 1. The van der Waals surface area contributed by atoms with E-state index < -0.39 is 22.8 Å². The number of aromatic nitrogens is 1. The molecule has 140 valence electrons. The Morgan fingerprint density at radius 2 is 1.78 bits per heavy atom. The Balaban J connectivity index is 2.15. The maximum atomic E-state index is 13.1. The first-order valence-electron chi connectivity index (χ1n) is 8.78. The minimum Gasteiger partial charge on any atom is -0.506 e. The number of carboxylic acids is 1. The molecule has 0 aliphatic carbocycles. The monoisotopic (exact) mass is 369 g/mol. The molecule has 2 aromatic carbocycles.